The van der Waals surface area contributed by atoms with E-state index in [1.165, 1.54) is 0 Å². The van der Waals surface area contributed by atoms with Crippen LogP contribution < -0.4 is 5.63 Å². The second kappa shape index (κ2) is 7.36. The summed E-state index contributed by atoms with van der Waals surface area (Å²) in [6.45, 7) is 0. The monoisotopic (exact) mass is 414 g/mol. The molecule has 0 atom stereocenters. The third-order valence-electron chi connectivity index (χ3n) is 5.70. The molecule has 0 bridgehead atoms. The topological polar surface area (TPSA) is 48.0 Å². The average molecular weight is 414 g/mol. The van der Waals surface area contributed by atoms with Crippen LogP contribution in [0, 0.1) is 0 Å². The zero-order valence-corrected chi connectivity index (χ0v) is 17.1. The van der Waals surface area contributed by atoms with Gasteiger partial charge in [-0.25, -0.2) is 9.48 Å². The molecule has 2 heterocycles. The number of aromatic nitrogens is 2. The fourth-order valence-electron chi connectivity index (χ4n) is 4.14. The van der Waals surface area contributed by atoms with Crippen LogP contribution in [0.3, 0.4) is 0 Å². The number of para-hydroxylation sites is 1. The lowest BCUT2D eigenvalue weighted by Crippen LogP contribution is -2.04. The molecule has 0 unspecified atom stereocenters. The van der Waals surface area contributed by atoms with Crippen LogP contribution in [0.1, 0.15) is 0 Å². The number of benzene rings is 4. The van der Waals surface area contributed by atoms with E-state index in [1.807, 2.05) is 108 Å². The van der Waals surface area contributed by atoms with E-state index in [0.717, 1.165) is 33.1 Å². The molecular formula is C28H18N2O2. The predicted molar refractivity (Wildman–Crippen MR) is 128 cm³/mol. The number of nitrogens with zero attached hydrogens (tertiary/aromatic N) is 2. The Morgan fingerprint density at radius 3 is 2.22 bits per heavy atom. The van der Waals surface area contributed by atoms with E-state index in [9.17, 15) is 4.79 Å². The first kappa shape index (κ1) is 18.3. The third kappa shape index (κ3) is 3.01. The quantitative estimate of drug-likeness (QED) is 0.246. The van der Waals surface area contributed by atoms with Gasteiger partial charge in [0.25, 0.3) is 0 Å². The van der Waals surface area contributed by atoms with Crippen LogP contribution in [-0.2, 0) is 0 Å². The van der Waals surface area contributed by atoms with Crippen molar-refractivity contribution in [2.75, 3.05) is 0 Å². The Bertz CT molecular complexity index is 1570. The summed E-state index contributed by atoms with van der Waals surface area (Å²) >= 11 is 0. The highest BCUT2D eigenvalue weighted by atomic mass is 16.4. The zero-order valence-electron chi connectivity index (χ0n) is 17.1. The molecule has 4 aromatic carbocycles. The molecule has 0 aliphatic rings. The average Bonchev–Trinajstić information content (AvgIpc) is 3.30. The molecule has 0 N–H and O–H groups in total. The van der Waals surface area contributed by atoms with Gasteiger partial charge in [-0.2, -0.15) is 5.10 Å². The highest BCUT2D eigenvalue weighted by Gasteiger charge is 2.17. The summed E-state index contributed by atoms with van der Waals surface area (Å²) in [6.07, 6.45) is 0. The summed E-state index contributed by atoms with van der Waals surface area (Å²) in [5.74, 6) is 0. The molecule has 0 radical (unpaired) electrons. The number of hydrogen-bond donors (Lipinski definition) is 0. The maximum Gasteiger partial charge on any atom is 0.345 e. The molecule has 4 nitrogen and oxygen atoms in total. The molecule has 6 aromatic rings. The van der Waals surface area contributed by atoms with E-state index in [4.69, 9.17) is 9.52 Å². The molecule has 0 saturated heterocycles. The molecule has 6 rings (SSSR count). The highest BCUT2D eigenvalue weighted by molar-refractivity contribution is 6.06. The minimum Gasteiger partial charge on any atom is -0.422 e. The number of hydrogen-bond acceptors (Lipinski definition) is 3. The molecule has 0 saturated carbocycles. The van der Waals surface area contributed by atoms with Crippen molar-refractivity contribution >= 4 is 21.7 Å². The minimum atomic E-state index is -0.398. The second-order valence-corrected chi connectivity index (χ2v) is 7.67. The zero-order chi connectivity index (χ0) is 21.5. The van der Waals surface area contributed by atoms with E-state index in [2.05, 4.69) is 6.07 Å². The van der Waals surface area contributed by atoms with Gasteiger partial charge < -0.3 is 4.42 Å². The Hall–Kier alpha value is -4.44. The van der Waals surface area contributed by atoms with Crippen LogP contribution in [0.5, 0.6) is 0 Å². The molecule has 0 fully saturated rings. The van der Waals surface area contributed by atoms with Gasteiger partial charge in [-0.1, -0.05) is 78.9 Å². The number of fused-ring (bicyclic) bond motifs is 3. The summed E-state index contributed by atoms with van der Waals surface area (Å²) in [5, 5.41) is 7.87. The van der Waals surface area contributed by atoms with Gasteiger partial charge in [-0.05, 0) is 41.1 Å². The first-order valence-electron chi connectivity index (χ1n) is 10.4. The lowest BCUT2D eigenvalue weighted by Gasteiger charge is -2.07. The van der Waals surface area contributed by atoms with Gasteiger partial charge in [0.1, 0.15) is 11.3 Å². The molecule has 4 heteroatoms. The van der Waals surface area contributed by atoms with Crippen LogP contribution in [0.15, 0.2) is 118 Å². The van der Waals surface area contributed by atoms with Gasteiger partial charge in [-0.15, -0.1) is 0 Å². The van der Waals surface area contributed by atoms with E-state index < -0.39 is 5.63 Å². The van der Waals surface area contributed by atoms with Gasteiger partial charge >= 0.3 is 5.63 Å². The molecule has 0 amide bonds. The van der Waals surface area contributed by atoms with Crippen LogP contribution in [0.4, 0.5) is 0 Å². The lowest BCUT2D eigenvalue weighted by molar-refractivity contribution is 0.563. The van der Waals surface area contributed by atoms with Crippen LogP contribution >= 0.6 is 0 Å². The van der Waals surface area contributed by atoms with Gasteiger partial charge in [0.2, 0.25) is 0 Å². The predicted octanol–water partition coefficient (Wildman–Crippen LogP) is 6.47. The second-order valence-electron chi connectivity index (χ2n) is 7.67. The SMILES string of the molecule is O=c1oc2ccc3ccccc3c2cc1-c1cc(-c2ccccc2)n(-c2ccccc2)n1. The van der Waals surface area contributed by atoms with Crippen molar-refractivity contribution in [3.05, 3.63) is 120 Å². The molecule has 2 aromatic heterocycles. The summed E-state index contributed by atoms with van der Waals surface area (Å²) in [7, 11) is 0. The Labute approximate surface area is 184 Å². The van der Waals surface area contributed by atoms with Crippen molar-refractivity contribution in [1.82, 2.24) is 9.78 Å². The molecule has 0 spiro atoms. The maximum atomic E-state index is 12.9. The summed E-state index contributed by atoms with van der Waals surface area (Å²) < 4.78 is 7.58. The van der Waals surface area contributed by atoms with E-state index in [1.54, 1.807) is 0 Å². The molecule has 0 aliphatic carbocycles. The van der Waals surface area contributed by atoms with Crippen LogP contribution in [0.2, 0.25) is 0 Å². The summed E-state index contributed by atoms with van der Waals surface area (Å²) in [6, 6.07) is 35.7. The van der Waals surface area contributed by atoms with Crippen molar-refractivity contribution in [1.29, 1.82) is 0 Å². The highest BCUT2D eigenvalue weighted by Crippen LogP contribution is 2.31. The van der Waals surface area contributed by atoms with Gasteiger partial charge in [-0.3, -0.25) is 0 Å². The summed E-state index contributed by atoms with van der Waals surface area (Å²) in [4.78, 5) is 12.9. The van der Waals surface area contributed by atoms with E-state index in [-0.39, 0.29) is 0 Å². The van der Waals surface area contributed by atoms with Gasteiger partial charge in [0, 0.05) is 10.9 Å². The minimum absolute atomic E-state index is 0.398. The molecule has 152 valence electrons. The first-order valence-corrected chi connectivity index (χ1v) is 10.4. The smallest absolute Gasteiger partial charge is 0.345 e. The largest absolute Gasteiger partial charge is 0.422 e. The van der Waals surface area contributed by atoms with Gasteiger partial charge in [0.05, 0.1) is 16.9 Å². The molecular weight excluding hydrogens is 396 g/mol. The van der Waals surface area contributed by atoms with Crippen LogP contribution in [0.25, 0.3) is 49.9 Å². The van der Waals surface area contributed by atoms with Crippen molar-refractivity contribution in [3.63, 3.8) is 0 Å². The van der Waals surface area contributed by atoms with Crippen LogP contribution in [-0.4, -0.2) is 9.78 Å². The lowest BCUT2D eigenvalue weighted by atomic mass is 10.0. The standard InChI is InChI=1S/C28H18N2O2/c31-28-24(17-23-22-14-8-7-9-19(22)15-16-27(23)32-28)25-18-26(20-10-3-1-4-11-20)30(29-25)21-12-5-2-6-13-21/h1-18H. The third-order valence-corrected chi connectivity index (χ3v) is 5.70. The van der Waals surface area contributed by atoms with E-state index >= 15 is 0 Å². The van der Waals surface area contributed by atoms with Crippen molar-refractivity contribution < 1.29 is 4.42 Å². The Balaban J connectivity index is 1.62. The fraction of sp³-hybridized carbons (Fsp3) is 0. The molecule has 0 aliphatic heterocycles. The van der Waals surface area contributed by atoms with Crippen molar-refractivity contribution in [2.45, 2.75) is 0 Å². The normalized spacial score (nSPS) is 11.2. The number of rotatable bonds is 3. The first-order chi connectivity index (χ1) is 15.8. The Kier molecular flexibility index (Phi) is 4.22. The Morgan fingerprint density at radius 1 is 0.688 bits per heavy atom. The van der Waals surface area contributed by atoms with E-state index in [0.29, 0.717) is 16.8 Å². The maximum absolute atomic E-state index is 12.9. The summed E-state index contributed by atoms with van der Waals surface area (Å²) in [5.41, 5.74) is 4.05. The van der Waals surface area contributed by atoms with Gasteiger partial charge in [0.15, 0.2) is 0 Å². The van der Waals surface area contributed by atoms with Crippen molar-refractivity contribution in [3.8, 4) is 28.2 Å². The fourth-order valence-corrected chi connectivity index (χ4v) is 4.14. The van der Waals surface area contributed by atoms with Crippen molar-refractivity contribution in [2.24, 2.45) is 0 Å². The Morgan fingerprint density at radius 2 is 1.41 bits per heavy atom. The molecule has 32 heavy (non-hydrogen) atoms.